The van der Waals surface area contributed by atoms with E-state index >= 15 is 0 Å². The van der Waals surface area contributed by atoms with Gasteiger partial charge in [-0.2, -0.15) is 0 Å². The lowest BCUT2D eigenvalue weighted by atomic mass is 10.1. The number of hydrogen-bond acceptors (Lipinski definition) is 5. The molecule has 1 atom stereocenters. The standard InChI is InChI=1S/C31H37BrN2O5/c1-23(26-12-14-27(32)15-13-26)34(18-6-10-31(36)37)19-7-17-33-30(35)21-25-11-16-28(29(20-25)38-2)39-22-24-8-4-3-5-9-24/h3-5,8-9,11-16,20,23H,6-7,10,17-19,21-22H2,1-2H3,(H,33,35)(H,36,37)/t23-/m0/s1. The van der Waals surface area contributed by atoms with E-state index in [1.165, 1.54) is 5.56 Å². The number of halogens is 1. The van der Waals surface area contributed by atoms with Crippen LogP contribution in [-0.2, 0) is 22.6 Å². The summed E-state index contributed by atoms with van der Waals surface area (Å²) < 4.78 is 12.4. The van der Waals surface area contributed by atoms with E-state index in [1.54, 1.807) is 7.11 Å². The Morgan fingerprint density at radius 3 is 2.36 bits per heavy atom. The first-order valence-corrected chi connectivity index (χ1v) is 14.0. The van der Waals surface area contributed by atoms with Gasteiger partial charge in [0.1, 0.15) is 6.61 Å². The van der Waals surface area contributed by atoms with Gasteiger partial charge >= 0.3 is 5.97 Å². The predicted molar refractivity (Wildman–Crippen MR) is 156 cm³/mol. The maximum absolute atomic E-state index is 12.6. The molecule has 39 heavy (non-hydrogen) atoms. The molecule has 0 fully saturated rings. The monoisotopic (exact) mass is 596 g/mol. The summed E-state index contributed by atoms with van der Waals surface area (Å²) in [7, 11) is 1.59. The fourth-order valence-electron chi connectivity index (χ4n) is 4.32. The quantitative estimate of drug-likeness (QED) is 0.197. The van der Waals surface area contributed by atoms with Crippen molar-refractivity contribution >= 4 is 27.8 Å². The number of carboxylic acids is 1. The maximum Gasteiger partial charge on any atom is 0.303 e. The number of methoxy groups -OCH3 is 1. The zero-order valence-electron chi connectivity index (χ0n) is 22.6. The van der Waals surface area contributed by atoms with Crippen molar-refractivity contribution < 1.29 is 24.2 Å². The molecule has 2 N–H and O–H groups in total. The first-order valence-electron chi connectivity index (χ1n) is 13.2. The highest BCUT2D eigenvalue weighted by molar-refractivity contribution is 9.10. The van der Waals surface area contributed by atoms with E-state index in [4.69, 9.17) is 14.6 Å². The van der Waals surface area contributed by atoms with Gasteiger partial charge in [-0.25, -0.2) is 0 Å². The molecule has 0 radical (unpaired) electrons. The zero-order chi connectivity index (χ0) is 28.0. The second-order valence-corrected chi connectivity index (χ2v) is 10.3. The van der Waals surface area contributed by atoms with Crippen molar-refractivity contribution in [3.63, 3.8) is 0 Å². The van der Waals surface area contributed by atoms with Crippen molar-refractivity contribution in [1.29, 1.82) is 0 Å². The van der Waals surface area contributed by atoms with Crippen LogP contribution in [0.15, 0.2) is 77.3 Å². The molecule has 0 saturated heterocycles. The smallest absolute Gasteiger partial charge is 0.303 e. The summed E-state index contributed by atoms with van der Waals surface area (Å²) >= 11 is 3.47. The van der Waals surface area contributed by atoms with Gasteiger partial charge in [0.25, 0.3) is 0 Å². The first kappa shape index (κ1) is 30.2. The van der Waals surface area contributed by atoms with Crippen molar-refractivity contribution in [3.05, 3.63) is 94.0 Å². The van der Waals surface area contributed by atoms with Crippen LogP contribution in [0, 0.1) is 0 Å². The summed E-state index contributed by atoms with van der Waals surface area (Å²) in [5.41, 5.74) is 3.08. The van der Waals surface area contributed by atoms with Gasteiger partial charge in [-0.15, -0.1) is 0 Å². The second-order valence-electron chi connectivity index (χ2n) is 9.40. The fraction of sp³-hybridized carbons (Fsp3) is 0.355. The van der Waals surface area contributed by atoms with Gasteiger partial charge in [0, 0.05) is 30.0 Å². The van der Waals surface area contributed by atoms with E-state index in [2.05, 4.69) is 45.2 Å². The van der Waals surface area contributed by atoms with E-state index < -0.39 is 5.97 Å². The Hall–Kier alpha value is -3.36. The van der Waals surface area contributed by atoms with Crippen LogP contribution < -0.4 is 14.8 Å². The number of ether oxygens (including phenoxy) is 2. The molecule has 1 amide bonds. The van der Waals surface area contributed by atoms with Gasteiger partial charge in [-0.05, 0) is 67.3 Å². The topological polar surface area (TPSA) is 88.1 Å². The van der Waals surface area contributed by atoms with Crippen molar-refractivity contribution in [2.45, 2.75) is 45.3 Å². The molecule has 0 saturated carbocycles. The molecule has 0 aromatic heterocycles. The molecule has 3 rings (SSSR count). The highest BCUT2D eigenvalue weighted by Crippen LogP contribution is 2.29. The number of aliphatic carboxylic acids is 1. The van der Waals surface area contributed by atoms with E-state index in [0.717, 1.165) is 28.6 Å². The first-order chi connectivity index (χ1) is 18.9. The van der Waals surface area contributed by atoms with Crippen LogP contribution in [0.5, 0.6) is 11.5 Å². The highest BCUT2D eigenvalue weighted by atomic mass is 79.9. The number of carboxylic acid groups (broad SMARTS) is 1. The number of carbonyl (C=O) groups excluding carboxylic acids is 1. The SMILES string of the molecule is COc1cc(CC(=O)NCCCN(CCCC(=O)O)[C@@H](C)c2ccc(Br)cc2)ccc1OCc1ccccc1. The van der Waals surface area contributed by atoms with Gasteiger partial charge in [0.05, 0.1) is 13.5 Å². The molecule has 3 aromatic carbocycles. The Morgan fingerprint density at radius 2 is 1.67 bits per heavy atom. The average molecular weight is 598 g/mol. The minimum absolute atomic E-state index is 0.0617. The Bertz CT molecular complexity index is 1190. The molecule has 0 heterocycles. The lowest BCUT2D eigenvalue weighted by molar-refractivity contribution is -0.137. The highest BCUT2D eigenvalue weighted by Gasteiger charge is 2.16. The summed E-state index contributed by atoms with van der Waals surface area (Å²) in [5.74, 6) is 0.378. The normalized spacial score (nSPS) is 11.7. The minimum atomic E-state index is -0.786. The van der Waals surface area contributed by atoms with E-state index in [9.17, 15) is 9.59 Å². The largest absolute Gasteiger partial charge is 0.493 e. The number of rotatable bonds is 16. The third-order valence-electron chi connectivity index (χ3n) is 6.51. The number of nitrogens with zero attached hydrogens (tertiary/aromatic N) is 1. The lowest BCUT2D eigenvalue weighted by Crippen LogP contribution is -2.33. The van der Waals surface area contributed by atoms with Crippen LogP contribution in [0.3, 0.4) is 0 Å². The van der Waals surface area contributed by atoms with Gasteiger partial charge in [0.2, 0.25) is 5.91 Å². The third kappa shape index (κ3) is 10.4. The van der Waals surface area contributed by atoms with Crippen LogP contribution in [0.4, 0.5) is 0 Å². The summed E-state index contributed by atoms with van der Waals surface area (Å²) in [5, 5.41) is 12.1. The van der Waals surface area contributed by atoms with Crippen LogP contribution in [-0.4, -0.2) is 48.6 Å². The van der Waals surface area contributed by atoms with E-state index in [-0.39, 0.29) is 24.8 Å². The Morgan fingerprint density at radius 1 is 0.949 bits per heavy atom. The molecule has 0 unspecified atom stereocenters. The van der Waals surface area contributed by atoms with E-state index in [1.807, 2.05) is 60.7 Å². The molecule has 7 nitrogen and oxygen atoms in total. The second kappa shape index (κ2) is 15.9. The molecular weight excluding hydrogens is 560 g/mol. The number of nitrogens with one attached hydrogen (secondary N) is 1. The van der Waals surface area contributed by atoms with Gasteiger partial charge < -0.3 is 19.9 Å². The van der Waals surface area contributed by atoms with Gasteiger partial charge in [0.15, 0.2) is 11.5 Å². The maximum atomic E-state index is 12.6. The fourth-order valence-corrected chi connectivity index (χ4v) is 4.58. The van der Waals surface area contributed by atoms with Crippen molar-refractivity contribution in [1.82, 2.24) is 10.2 Å². The number of carbonyl (C=O) groups is 2. The molecule has 3 aromatic rings. The number of amides is 1. The molecule has 0 bridgehead atoms. The van der Waals surface area contributed by atoms with Gasteiger partial charge in [-0.1, -0.05) is 64.5 Å². The van der Waals surface area contributed by atoms with Crippen LogP contribution in [0.1, 0.15) is 48.9 Å². The molecule has 208 valence electrons. The van der Waals surface area contributed by atoms with Crippen molar-refractivity contribution in [3.8, 4) is 11.5 Å². The molecule has 8 heteroatoms. The minimum Gasteiger partial charge on any atom is -0.493 e. The molecule has 0 aliphatic heterocycles. The molecular formula is C31H37BrN2O5. The summed E-state index contributed by atoms with van der Waals surface area (Å²) in [6, 6.07) is 23.8. The number of benzene rings is 3. The zero-order valence-corrected chi connectivity index (χ0v) is 24.2. The Kier molecular flexibility index (Phi) is 12.3. The van der Waals surface area contributed by atoms with E-state index in [0.29, 0.717) is 37.6 Å². The molecule has 0 aliphatic carbocycles. The van der Waals surface area contributed by atoms with Crippen LogP contribution in [0.25, 0.3) is 0 Å². The molecule has 0 spiro atoms. The predicted octanol–water partition coefficient (Wildman–Crippen LogP) is 6.01. The lowest BCUT2D eigenvalue weighted by Gasteiger charge is -2.29. The van der Waals surface area contributed by atoms with Crippen molar-refractivity contribution in [2.75, 3.05) is 26.7 Å². The Labute approximate surface area is 239 Å². The summed E-state index contributed by atoms with van der Waals surface area (Å²) in [6.07, 6.45) is 1.72. The molecule has 0 aliphatic rings. The van der Waals surface area contributed by atoms with Gasteiger partial charge in [-0.3, -0.25) is 14.5 Å². The summed E-state index contributed by atoms with van der Waals surface area (Å²) in [6.45, 7) is 4.53. The average Bonchev–Trinajstić information content (AvgIpc) is 2.94. The third-order valence-corrected chi connectivity index (χ3v) is 7.04. The van der Waals surface area contributed by atoms with Crippen LogP contribution in [0.2, 0.25) is 0 Å². The number of hydrogen-bond donors (Lipinski definition) is 2. The van der Waals surface area contributed by atoms with Crippen LogP contribution >= 0.6 is 15.9 Å². The summed E-state index contributed by atoms with van der Waals surface area (Å²) in [4.78, 5) is 25.9. The van der Waals surface area contributed by atoms with Crippen molar-refractivity contribution in [2.24, 2.45) is 0 Å². The Balaban J connectivity index is 1.48.